The highest BCUT2D eigenvalue weighted by atomic mass is 16.4. The Balaban J connectivity index is 4.65. The first-order valence-corrected chi connectivity index (χ1v) is 7.75. The molecule has 11 heteroatoms. The van der Waals surface area contributed by atoms with Crippen LogP contribution in [0.2, 0.25) is 0 Å². The zero-order valence-electron chi connectivity index (χ0n) is 14.2. The summed E-state index contributed by atoms with van der Waals surface area (Å²) in [6.07, 6.45) is 0.505. The molecule has 0 aliphatic rings. The minimum absolute atomic E-state index is 0.351. The van der Waals surface area contributed by atoms with Crippen molar-refractivity contribution < 1.29 is 34.5 Å². The van der Waals surface area contributed by atoms with E-state index in [1.807, 2.05) is 0 Å². The molecule has 0 rings (SSSR count). The number of carbonyl (C=O) groups is 4. The van der Waals surface area contributed by atoms with Gasteiger partial charge in [-0.2, -0.15) is 0 Å². The summed E-state index contributed by atoms with van der Waals surface area (Å²) in [7, 11) is 0. The van der Waals surface area contributed by atoms with Crippen LogP contribution in [0.5, 0.6) is 0 Å². The zero-order valence-corrected chi connectivity index (χ0v) is 14.2. The van der Waals surface area contributed by atoms with Crippen LogP contribution in [0.3, 0.4) is 0 Å². The number of aliphatic carboxylic acids is 1. The summed E-state index contributed by atoms with van der Waals surface area (Å²) in [6.45, 7) is 1.53. The van der Waals surface area contributed by atoms with E-state index in [9.17, 15) is 24.3 Å². The van der Waals surface area contributed by atoms with Gasteiger partial charge in [0.15, 0.2) is 0 Å². The SMILES string of the molecule is CCC(C)C(NC(=O)C(CO)NC(=O)CNC(=O)C(N)CO)C(=O)O. The molecule has 0 aromatic heterocycles. The minimum atomic E-state index is -1.37. The van der Waals surface area contributed by atoms with Crippen molar-refractivity contribution in [3.05, 3.63) is 0 Å². The molecule has 0 heterocycles. The summed E-state index contributed by atoms with van der Waals surface area (Å²) in [4.78, 5) is 46.3. The van der Waals surface area contributed by atoms with Crippen LogP contribution in [0.15, 0.2) is 0 Å². The average Bonchev–Trinajstić information content (AvgIpc) is 2.59. The van der Waals surface area contributed by atoms with Gasteiger partial charge in [-0.25, -0.2) is 4.79 Å². The monoisotopic (exact) mass is 362 g/mol. The maximum absolute atomic E-state index is 12.0. The molecule has 8 N–H and O–H groups in total. The van der Waals surface area contributed by atoms with Crippen LogP contribution in [-0.2, 0) is 19.2 Å². The molecule has 25 heavy (non-hydrogen) atoms. The van der Waals surface area contributed by atoms with Crippen LogP contribution < -0.4 is 21.7 Å². The van der Waals surface area contributed by atoms with Gasteiger partial charge in [0.05, 0.1) is 19.8 Å². The second-order valence-electron chi connectivity index (χ2n) is 5.52. The summed E-state index contributed by atoms with van der Waals surface area (Å²) in [5.41, 5.74) is 5.25. The topological polar surface area (TPSA) is 191 Å². The molecule has 0 bridgehead atoms. The first kappa shape index (κ1) is 22.8. The zero-order chi connectivity index (χ0) is 19.6. The largest absolute Gasteiger partial charge is 0.480 e. The first-order valence-electron chi connectivity index (χ1n) is 7.75. The lowest BCUT2D eigenvalue weighted by atomic mass is 9.99. The lowest BCUT2D eigenvalue weighted by molar-refractivity contribution is -0.144. The maximum Gasteiger partial charge on any atom is 0.326 e. The third kappa shape index (κ3) is 7.92. The summed E-state index contributed by atoms with van der Waals surface area (Å²) < 4.78 is 0. The van der Waals surface area contributed by atoms with Crippen LogP contribution in [0.25, 0.3) is 0 Å². The van der Waals surface area contributed by atoms with Crippen molar-refractivity contribution in [1.82, 2.24) is 16.0 Å². The summed E-state index contributed by atoms with van der Waals surface area (Å²) >= 11 is 0. The number of carbonyl (C=O) groups excluding carboxylic acids is 3. The smallest absolute Gasteiger partial charge is 0.326 e. The maximum atomic E-state index is 12.0. The van der Waals surface area contributed by atoms with Gasteiger partial charge in [-0.05, 0) is 5.92 Å². The lowest BCUT2D eigenvalue weighted by Crippen LogP contribution is -2.56. The van der Waals surface area contributed by atoms with E-state index < -0.39 is 61.6 Å². The fourth-order valence-electron chi connectivity index (χ4n) is 1.76. The van der Waals surface area contributed by atoms with Gasteiger partial charge >= 0.3 is 5.97 Å². The van der Waals surface area contributed by atoms with E-state index in [1.54, 1.807) is 13.8 Å². The standard InChI is InChI=1S/C14H26N4O7/c1-3-7(2)11(14(24)25)18-13(23)9(6-20)17-10(21)4-16-12(22)8(15)5-19/h7-9,11,19-20H,3-6,15H2,1-2H3,(H,16,22)(H,17,21)(H,18,23)(H,24,25). The number of carboxylic acids is 1. The van der Waals surface area contributed by atoms with Gasteiger partial charge in [0.2, 0.25) is 17.7 Å². The van der Waals surface area contributed by atoms with E-state index in [0.29, 0.717) is 6.42 Å². The Morgan fingerprint density at radius 1 is 1.04 bits per heavy atom. The number of hydrogen-bond acceptors (Lipinski definition) is 7. The molecule has 0 saturated heterocycles. The van der Waals surface area contributed by atoms with Crippen LogP contribution in [-0.4, -0.2) is 76.9 Å². The summed E-state index contributed by atoms with van der Waals surface area (Å²) in [5.74, 6) is -3.98. The number of nitrogens with two attached hydrogens (primary N) is 1. The molecule has 4 atom stereocenters. The number of hydrogen-bond donors (Lipinski definition) is 7. The number of rotatable bonds is 11. The fraction of sp³-hybridized carbons (Fsp3) is 0.714. The molecule has 0 fully saturated rings. The molecule has 144 valence electrons. The number of carboxylic acid groups (broad SMARTS) is 1. The van der Waals surface area contributed by atoms with Crippen molar-refractivity contribution in [1.29, 1.82) is 0 Å². The van der Waals surface area contributed by atoms with Crippen LogP contribution in [0.4, 0.5) is 0 Å². The Kier molecular flexibility index (Phi) is 10.3. The van der Waals surface area contributed by atoms with E-state index in [-0.39, 0.29) is 5.92 Å². The van der Waals surface area contributed by atoms with Gasteiger partial charge in [0.1, 0.15) is 18.1 Å². The predicted octanol–water partition coefficient (Wildman–Crippen LogP) is -3.49. The average molecular weight is 362 g/mol. The lowest BCUT2D eigenvalue weighted by Gasteiger charge is -2.23. The van der Waals surface area contributed by atoms with Gasteiger partial charge in [-0.15, -0.1) is 0 Å². The fourth-order valence-corrected chi connectivity index (χ4v) is 1.76. The number of aliphatic hydroxyl groups is 2. The molecule has 0 aliphatic heterocycles. The summed E-state index contributed by atoms with van der Waals surface area (Å²) in [5, 5.41) is 33.6. The van der Waals surface area contributed by atoms with E-state index in [0.717, 1.165) is 0 Å². The highest BCUT2D eigenvalue weighted by Crippen LogP contribution is 2.08. The molecule has 11 nitrogen and oxygen atoms in total. The van der Waals surface area contributed by atoms with Gasteiger partial charge in [-0.1, -0.05) is 20.3 Å². The van der Waals surface area contributed by atoms with Crippen LogP contribution in [0, 0.1) is 5.92 Å². The molecule has 0 aliphatic carbocycles. The van der Waals surface area contributed by atoms with Crippen LogP contribution >= 0.6 is 0 Å². The van der Waals surface area contributed by atoms with E-state index >= 15 is 0 Å². The number of aliphatic hydroxyl groups excluding tert-OH is 2. The quantitative estimate of drug-likeness (QED) is 0.197. The Bertz CT molecular complexity index is 486. The third-order valence-electron chi connectivity index (χ3n) is 3.57. The Labute approximate surface area is 145 Å². The van der Waals surface area contributed by atoms with E-state index in [4.69, 9.17) is 15.9 Å². The van der Waals surface area contributed by atoms with Crippen molar-refractivity contribution in [3.63, 3.8) is 0 Å². The molecule has 0 aromatic carbocycles. The predicted molar refractivity (Wildman–Crippen MR) is 86.1 cm³/mol. The van der Waals surface area contributed by atoms with Crippen molar-refractivity contribution in [3.8, 4) is 0 Å². The van der Waals surface area contributed by atoms with Crippen LogP contribution in [0.1, 0.15) is 20.3 Å². The van der Waals surface area contributed by atoms with Gasteiger partial charge < -0.3 is 37.0 Å². The van der Waals surface area contributed by atoms with E-state index in [1.165, 1.54) is 0 Å². The van der Waals surface area contributed by atoms with Gasteiger partial charge in [-0.3, -0.25) is 14.4 Å². The minimum Gasteiger partial charge on any atom is -0.480 e. The highest BCUT2D eigenvalue weighted by Gasteiger charge is 2.29. The molecular weight excluding hydrogens is 336 g/mol. The highest BCUT2D eigenvalue weighted by molar-refractivity contribution is 5.92. The Morgan fingerprint density at radius 3 is 2.08 bits per heavy atom. The second-order valence-corrected chi connectivity index (χ2v) is 5.52. The summed E-state index contributed by atoms with van der Waals surface area (Å²) in [6, 6.07) is -3.72. The number of nitrogens with one attached hydrogen (secondary N) is 3. The molecule has 3 amide bonds. The Hall–Kier alpha value is -2.24. The normalized spacial score (nSPS) is 15.4. The molecule has 0 radical (unpaired) electrons. The molecule has 0 saturated carbocycles. The molecule has 0 aromatic rings. The van der Waals surface area contributed by atoms with Crippen molar-refractivity contribution in [2.45, 2.75) is 38.4 Å². The Morgan fingerprint density at radius 2 is 1.64 bits per heavy atom. The van der Waals surface area contributed by atoms with Gasteiger partial charge in [0, 0.05) is 0 Å². The van der Waals surface area contributed by atoms with Crippen molar-refractivity contribution in [2.24, 2.45) is 11.7 Å². The molecule has 0 spiro atoms. The third-order valence-corrected chi connectivity index (χ3v) is 3.57. The molecular formula is C14H26N4O7. The van der Waals surface area contributed by atoms with Crippen molar-refractivity contribution in [2.75, 3.05) is 19.8 Å². The molecule has 4 unspecified atom stereocenters. The number of amides is 3. The first-order chi connectivity index (χ1) is 11.7. The van der Waals surface area contributed by atoms with Crippen molar-refractivity contribution >= 4 is 23.7 Å². The van der Waals surface area contributed by atoms with E-state index in [2.05, 4.69) is 16.0 Å². The van der Waals surface area contributed by atoms with Gasteiger partial charge in [0.25, 0.3) is 0 Å². The second kappa shape index (κ2) is 11.3.